The van der Waals surface area contributed by atoms with Gasteiger partial charge in [-0.3, -0.25) is 4.79 Å². The number of nitrogens with one attached hydrogen (secondary N) is 1. The molecule has 2 N–H and O–H groups in total. The van der Waals surface area contributed by atoms with Crippen molar-refractivity contribution in [1.29, 1.82) is 0 Å². The molecule has 0 unspecified atom stereocenters. The Morgan fingerprint density at radius 1 is 1.53 bits per heavy atom. The summed E-state index contributed by atoms with van der Waals surface area (Å²) in [6, 6.07) is 3.27. The number of carbonyl (C=O) groups excluding carboxylic acids is 1. The van der Waals surface area contributed by atoms with Crippen LogP contribution in [-0.4, -0.2) is 35.0 Å². The molecule has 0 bridgehead atoms. The molecule has 19 heavy (non-hydrogen) atoms. The second-order valence-electron chi connectivity index (χ2n) is 3.75. The smallest absolute Gasteiger partial charge is 0.326 e. The lowest BCUT2D eigenvalue weighted by atomic mass is 10.1. The fourth-order valence-corrected chi connectivity index (χ4v) is 2.25. The number of hydrogen-bond donors (Lipinski definition) is 2. The third-order valence-corrected chi connectivity index (χ3v) is 3.67. The zero-order chi connectivity index (χ0) is 14.4. The molecule has 1 rings (SSSR count). The maximum absolute atomic E-state index is 13.7. The Bertz CT molecular complexity index is 484. The SMILES string of the molecule is CSCC[C@H](NC(=O)c1cccc(Br)c1F)C(=O)O. The van der Waals surface area contributed by atoms with Crippen LogP contribution in [0.2, 0.25) is 0 Å². The molecule has 7 heteroatoms. The van der Waals surface area contributed by atoms with Gasteiger partial charge in [0.05, 0.1) is 10.0 Å². The van der Waals surface area contributed by atoms with E-state index in [0.29, 0.717) is 5.75 Å². The summed E-state index contributed by atoms with van der Waals surface area (Å²) in [4.78, 5) is 22.9. The number of benzene rings is 1. The van der Waals surface area contributed by atoms with E-state index in [4.69, 9.17) is 5.11 Å². The number of hydrogen-bond acceptors (Lipinski definition) is 3. The Kier molecular flexibility index (Phi) is 6.30. The zero-order valence-corrected chi connectivity index (χ0v) is 12.6. The summed E-state index contributed by atoms with van der Waals surface area (Å²) in [6.45, 7) is 0. The van der Waals surface area contributed by atoms with E-state index in [9.17, 15) is 14.0 Å². The number of rotatable bonds is 6. The first-order valence-electron chi connectivity index (χ1n) is 5.44. The highest BCUT2D eigenvalue weighted by Crippen LogP contribution is 2.18. The van der Waals surface area contributed by atoms with Crippen LogP contribution >= 0.6 is 27.7 Å². The van der Waals surface area contributed by atoms with Crippen molar-refractivity contribution in [3.63, 3.8) is 0 Å². The Morgan fingerprint density at radius 2 is 2.21 bits per heavy atom. The maximum atomic E-state index is 13.7. The topological polar surface area (TPSA) is 66.4 Å². The van der Waals surface area contributed by atoms with E-state index in [1.54, 1.807) is 0 Å². The summed E-state index contributed by atoms with van der Waals surface area (Å²) in [5.74, 6) is -1.96. The summed E-state index contributed by atoms with van der Waals surface area (Å²) < 4.78 is 13.9. The van der Waals surface area contributed by atoms with Gasteiger partial charge in [0.25, 0.3) is 5.91 Å². The highest BCUT2D eigenvalue weighted by molar-refractivity contribution is 9.10. The number of halogens is 2. The Morgan fingerprint density at radius 3 is 2.79 bits per heavy atom. The average Bonchev–Trinajstić information content (AvgIpc) is 2.37. The first kappa shape index (κ1) is 16.0. The van der Waals surface area contributed by atoms with Crippen molar-refractivity contribution in [3.05, 3.63) is 34.1 Å². The van der Waals surface area contributed by atoms with Gasteiger partial charge in [-0.1, -0.05) is 6.07 Å². The van der Waals surface area contributed by atoms with Gasteiger partial charge in [0.1, 0.15) is 11.9 Å². The molecule has 1 atom stereocenters. The fourth-order valence-electron chi connectivity index (χ4n) is 1.41. The summed E-state index contributed by atoms with van der Waals surface area (Å²) >= 11 is 4.46. The van der Waals surface area contributed by atoms with Gasteiger partial charge in [-0.25, -0.2) is 9.18 Å². The molecule has 0 aliphatic rings. The summed E-state index contributed by atoms with van der Waals surface area (Å²) in [6.07, 6.45) is 2.13. The molecule has 0 aliphatic heterocycles. The summed E-state index contributed by atoms with van der Waals surface area (Å²) in [5, 5.41) is 11.3. The van der Waals surface area contributed by atoms with Gasteiger partial charge in [-0.2, -0.15) is 11.8 Å². The molecule has 0 radical (unpaired) electrons. The standard InChI is InChI=1S/C12H13BrFNO3S/c1-19-6-5-9(12(17)18)15-11(16)7-3-2-4-8(13)10(7)14/h2-4,9H,5-6H2,1H3,(H,15,16)(H,17,18)/t9-/m0/s1. The molecule has 0 saturated heterocycles. The van der Waals surface area contributed by atoms with E-state index in [0.717, 1.165) is 0 Å². The highest BCUT2D eigenvalue weighted by atomic mass is 79.9. The Balaban J connectivity index is 2.82. The summed E-state index contributed by atoms with van der Waals surface area (Å²) in [7, 11) is 0. The largest absolute Gasteiger partial charge is 0.480 e. The summed E-state index contributed by atoms with van der Waals surface area (Å²) in [5.41, 5.74) is -0.176. The lowest BCUT2D eigenvalue weighted by Gasteiger charge is -2.14. The normalized spacial score (nSPS) is 11.9. The molecular weight excluding hydrogens is 337 g/mol. The third-order valence-electron chi connectivity index (χ3n) is 2.41. The lowest BCUT2D eigenvalue weighted by molar-refractivity contribution is -0.139. The number of aliphatic carboxylic acids is 1. The van der Waals surface area contributed by atoms with Crippen LogP contribution in [0.25, 0.3) is 0 Å². The van der Waals surface area contributed by atoms with Crippen LogP contribution in [0.3, 0.4) is 0 Å². The quantitative estimate of drug-likeness (QED) is 0.828. The van der Waals surface area contributed by atoms with Crippen molar-refractivity contribution in [1.82, 2.24) is 5.32 Å². The molecule has 1 aromatic carbocycles. The van der Waals surface area contributed by atoms with Crippen LogP contribution in [0.15, 0.2) is 22.7 Å². The molecular formula is C12H13BrFNO3S. The molecule has 1 aromatic rings. The van der Waals surface area contributed by atoms with Crippen molar-refractivity contribution >= 4 is 39.6 Å². The van der Waals surface area contributed by atoms with Gasteiger partial charge in [-0.05, 0) is 46.5 Å². The number of amides is 1. The number of thioether (sulfide) groups is 1. The minimum absolute atomic E-state index is 0.163. The predicted molar refractivity (Wildman–Crippen MR) is 76.0 cm³/mol. The molecule has 0 fully saturated rings. The minimum Gasteiger partial charge on any atom is -0.480 e. The second-order valence-corrected chi connectivity index (χ2v) is 5.59. The van der Waals surface area contributed by atoms with Crippen LogP contribution in [0, 0.1) is 5.82 Å². The molecule has 4 nitrogen and oxygen atoms in total. The Labute approximate surface area is 122 Å². The van der Waals surface area contributed by atoms with Crippen molar-refractivity contribution < 1.29 is 19.1 Å². The van der Waals surface area contributed by atoms with E-state index < -0.39 is 23.7 Å². The van der Waals surface area contributed by atoms with Crippen LogP contribution in [0.4, 0.5) is 4.39 Å². The number of carboxylic acid groups (broad SMARTS) is 1. The van der Waals surface area contributed by atoms with Crippen LogP contribution in [0.1, 0.15) is 16.8 Å². The van der Waals surface area contributed by atoms with Crippen molar-refractivity contribution in [2.75, 3.05) is 12.0 Å². The van der Waals surface area contributed by atoms with E-state index in [1.807, 2.05) is 6.26 Å². The minimum atomic E-state index is -1.13. The average molecular weight is 350 g/mol. The third kappa shape index (κ3) is 4.50. The predicted octanol–water partition coefficient (Wildman–Crippen LogP) is 2.52. The zero-order valence-electron chi connectivity index (χ0n) is 10.2. The molecule has 0 aliphatic carbocycles. The highest BCUT2D eigenvalue weighted by Gasteiger charge is 2.22. The molecule has 0 aromatic heterocycles. The van der Waals surface area contributed by atoms with Crippen LogP contribution in [-0.2, 0) is 4.79 Å². The van der Waals surface area contributed by atoms with Crippen molar-refractivity contribution in [2.45, 2.75) is 12.5 Å². The van der Waals surface area contributed by atoms with Crippen molar-refractivity contribution in [3.8, 4) is 0 Å². The van der Waals surface area contributed by atoms with Gasteiger partial charge < -0.3 is 10.4 Å². The van der Waals surface area contributed by atoms with E-state index in [2.05, 4.69) is 21.2 Å². The maximum Gasteiger partial charge on any atom is 0.326 e. The van der Waals surface area contributed by atoms with Gasteiger partial charge in [-0.15, -0.1) is 0 Å². The molecule has 1 amide bonds. The molecule has 0 heterocycles. The van der Waals surface area contributed by atoms with Crippen LogP contribution < -0.4 is 5.32 Å². The lowest BCUT2D eigenvalue weighted by Crippen LogP contribution is -2.41. The van der Waals surface area contributed by atoms with Gasteiger partial charge >= 0.3 is 5.97 Å². The fraction of sp³-hybridized carbons (Fsp3) is 0.333. The molecule has 0 spiro atoms. The first-order valence-corrected chi connectivity index (χ1v) is 7.62. The number of carbonyl (C=O) groups is 2. The first-order chi connectivity index (χ1) is 8.97. The van der Waals surface area contributed by atoms with E-state index >= 15 is 0 Å². The van der Waals surface area contributed by atoms with Crippen molar-refractivity contribution in [2.24, 2.45) is 0 Å². The molecule has 104 valence electrons. The van der Waals surface area contributed by atoms with Gasteiger partial charge in [0, 0.05) is 0 Å². The van der Waals surface area contributed by atoms with Gasteiger partial charge in [0.15, 0.2) is 0 Å². The second kappa shape index (κ2) is 7.49. The van der Waals surface area contributed by atoms with E-state index in [-0.39, 0.29) is 16.5 Å². The monoisotopic (exact) mass is 349 g/mol. The van der Waals surface area contributed by atoms with E-state index in [1.165, 1.54) is 30.0 Å². The number of carboxylic acids is 1. The van der Waals surface area contributed by atoms with Gasteiger partial charge in [0.2, 0.25) is 0 Å². The Hall–Kier alpha value is -1.08. The molecule has 0 saturated carbocycles. The van der Waals surface area contributed by atoms with Crippen LogP contribution in [0.5, 0.6) is 0 Å².